The highest BCUT2D eigenvalue weighted by atomic mass is 16.5. The fraction of sp³-hybridized carbons (Fsp3) is 0.364. The molecule has 0 spiro atoms. The highest BCUT2D eigenvalue weighted by Crippen LogP contribution is 2.34. The number of rotatable bonds is 6. The van der Waals surface area contributed by atoms with Crippen LogP contribution < -0.4 is 5.73 Å². The lowest BCUT2D eigenvalue weighted by Crippen LogP contribution is -2.48. The van der Waals surface area contributed by atoms with Gasteiger partial charge >= 0.3 is 5.97 Å². The molecule has 0 radical (unpaired) electrons. The summed E-state index contributed by atoms with van der Waals surface area (Å²) in [5.74, 6) is -0.672. The Morgan fingerprint density at radius 1 is 1.19 bits per heavy atom. The third-order valence-electron chi connectivity index (χ3n) is 4.72. The maximum Gasteiger partial charge on any atom is 0.311 e. The van der Waals surface area contributed by atoms with Gasteiger partial charge in [0.2, 0.25) is 0 Å². The molecule has 4 heteroatoms. The Morgan fingerprint density at radius 3 is 2.35 bits per heavy atom. The zero-order valence-corrected chi connectivity index (χ0v) is 15.8. The first kappa shape index (κ1) is 19.7. The minimum absolute atomic E-state index is 0.0445. The number of nitrogens with two attached hydrogens (primary N) is 1. The lowest BCUT2D eigenvalue weighted by molar-refractivity contribution is -0.152. The van der Waals surface area contributed by atoms with Crippen molar-refractivity contribution < 1.29 is 9.53 Å². The van der Waals surface area contributed by atoms with Crippen LogP contribution in [0.5, 0.6) is 0 Å². The number of nitrogens with zero attached hydrogens (tertiary/aromatic N) is 1. The Balaban J connectivity index is 2.39. The fourth-order valence-corrected chi connectivity index (χ4v) is 3.46. The number of hydrogen-bond acceptors (Lipinski definition) is 4. The minimum Gasteiger partial charge on any atom is -0.466 e. The molecule has 2 aromatic carbocycles. The van der Waals surface area contributed by atoms with Crippen LogP contribution in [-0.4, -0.2) is 12.6 Å². The van der Waals surface area contributed by atoms with Crippen molar-refractivity contribution in [3.8, 4) is 17.2 Å². The van der Waals surface area contributed by atoms with E-state index in [0.717, 1.165) is 16.7 Å². The van der Waals surface area contributed by atoms with Crippen LogP contribution in [0.1, 0.15) is 38.8 Å². The predicted octanol–water partition coefficient (Wildman–Crippen LogP) is 4.23. The average molecular weight is 350 g/mol. The van der Waals surface area contributed by atoms with Gasteiger partial charge in [0, 0.05) is 0 Å². The van der Waals surface area contributed by atoms with Gasteiger partial charge in [-0.25, -0.2) is 0 Å². The average Bonchev–Trinajstić information content (AvgIpc) is 2.61. The van der Waals surface area contributed by atoms with Gasteiger partial charge in [-0.3, -0.25) is 4.79 Å². The normalized spacial score (nSPS) is 14.3. The summed E-state index contributed by atoms with van der Waals surface area (Å²) >= 11 is 0. The van der Waals surface area contributed by atoms with Crippen molar-refractivity contribution >= 4 is 5.97 Å². The standard InChI is InChI=1S/C22H26N2O2/c1-5-26-21(25)20(15(2)3)22(4,24)18-12-10-16(11-13-18)19-9-7-6-8-17(19)14-23/h6-13,15,20H,5,24H2,1-4H3. The van der Waals surface area contributed by atoms with E-state index in [2.05, 4.69) is 6.07 Å². The largest absolute Gasteiger partial charge is 0.466 e. The van der Waals surface area contributed by atoms with Crippen molar-refractivity contribution in [2.24, 2.45) is 17.6 Å². The van der Waals surface area contributed by atoms with E-state index < -0.39 is 11.5 Å². The Bertz CT molecular complexity index is 802. The monoisotopic (exact) mass is 350 g/mol. The molecule has 2 rings (SSSR count). The SMILES string of the molecule is CCOC(=O)C(C(C)C)C(C)(N)c1ccc(-c2ccccc2C#N)cc1. The van der Waals surface area contributed by atoms with E-state index in [1.807, 2.05) is 63.2 Å². The molecule has 2 unspecified atom stereocenters. The molecule has 2 N–H and O–H groups in total. The van der Waals surface area contributed by atoms with Gasteiger partial charge in [-0.15, -0.1) is 0 Å². The van der Waals surface area contributed by atoms with Crippen LogP contribution in [0.4, 0.5) is 0 Å². The molecular weight excluding hydrogens is 324 g/mol. The van der Waals surface area contributed by atoms with Crippen LogP contribution in [0.2, 0.25) is 0 Å². The van der Waals surface area contributed by atoms with E-state index in [1.165, 1.54) is 0 Å². The Morgan fingerprint density at radius 2 is 1.81 bits per heavy atom. The van der Waals surface area contributed by atoms with Crippen LogP contribution in [0, 0.1) is 23.2 Å². The first-order valence-corrected chi connectivity index (χ1v) is 8.88. The van der Waals surface area contributed by atoms with E-state index in [-0.39, 0.29) is 11.9 Å². The molecule has 0 aliphatic carbocycles. The third kappa shape index (κ3) is 3.95. The van der Waals surface area contributed by atoms with Crippen LogP contribution in [-0.2, 0) is 15.1 Å². The number of carbonyl (C=O) groups excluding carboxylic acids is 1. The second-order valence-corrected chi connectivity index (χ2v) is 6.99. The van der Waals surface area contributed by atoms with E-state index in [1.54, 1.807) is 13.0 Å². The quantitative estimate of drug-likeness (QED) is 0.791. The molecule has 0 amide bonds. The summed E-state index contributed by atoms with van der Waals surface area (Å²) < 4.78 is 5.24. The third-order valence-corrected chi connectivity index (χ3v) is 4.72. The van der Waals surface area contributed by atoms with Gasteiger partial charge in [0.1, 0.15) is 0 Å². The van der Waals surface area contributed by atoms with Crippen molar-refractivity contribution in [2.45, 2.75) is 33.2 Å². The maximum atomic E-state index is 12.4. The fourth-order valence-electron chi connectivity index (χ4n) is 3.46. The van der Waals surface area contributed by atoms with Crippen molar-refractivity contribution in [3.05, 3.63) is 59.7 Å². The van der Waals surface area contributed by atoms with E-state index in [9.17, 15) is 10.1 Å². The number of ether oxygens (including phenoxy) is 1. The Hall–Kier alpha value is -2.64. The first-order valence-electron chi connectivity index (χ1n) is 8.88. The molecule has 0 aliphatic rings. The molecule has 0 saturated carbocycles. The van der Waals surface area contributed by atoms with Crippen LogP contribution in [0.3, 0.4) is 0 Å². The van der Waals surface area contributed by atoms with Gasteiger partial charge in [0.05, 0.1) is 29.7 Å². The lowest BCUT2D eigenvalue weighted by Gasteiger charge is -2.35. The van der Waals surface area contributed by atoms with Gasteiger partial charge in [-0.05, 0) is 42.5 Å². The molecule has 4 nitrogen and oxygen atoms in total. The highest BCUT2D eigenvalue weighted by molar-refractivity contribution is 5.75. The summed E-state index contributed by atoms with van der Waals surface area (Å²) in [5, 5.41) is 9.29. The molecule has 0 aromatic heterocycles. The second-order valence-electron chi connectivity index (χ2n) is 6.99. The summed E-state index contributed by atoms with van der Waals surface area (Å²) in [4.78, 5) is 12.4. The van der Waals surface area contributed by atoms with Crippen LogP contribution in [0.25, 0.3) is 11.1 Å². The molecule has 136 valence electrons. The molecule has 0 saturated heterocycles. The number of hydrogen-bond donors (Lipinski definition) is 1. The number of carbonyl (C=O) groups is 1. The van der Waals surface area contributed by atoms with Gasteiger partial charge in [0.15, 0.2) is 0 Å². The summed E-state index contributed by atoms with van der Waals surface area (Å²) in [6.07, 6.45) is 0. The molecule has 0 heterocycles. The van der Waals surface area contributed by atoms with Gasteiger partial charge in [-0.2, -0.15) is 5.26 Å². The second kappa shape index (κ2) is 8.16. The number of nitriles is 1. The summed E-state index contributed by atoms with van der Waals surface area (Å²) in [7, 11) is 0. The topological polar surface area (TPSA) is 76.1 Å². The molecular formula is C22H26N2O2. The number of esters is 1. The van der Waals surface area contributed by atoms with Gasteiger partial charge < -0.3 is 10.5 Å². The molecule has 0 bridgehead atoms. The molecule has 2 aromatic rings. The molecule has 0 aliphatic heterocycles. The van der Waals surface area contributed by atoms with Crippen molar-refractivity contribution in [1.82, 2.24) is 0 Å². The predicted molar refractivity (Wildman–Crippen MR) is 103 cm³/mol. The summed E-state index contributed by atoms with van der Waals surface area (Å²) in [5.41, 5.74) is 9.07. The lowest BCUT2D eigenvalue weighted by atomic mass is 9.74. The van der Waals surface area contributed by atoms with E-state index >= 15 is 0 Å². The Kier molecular flexibility index (Phi) is 6.18. The van der Waals surface area contributed by atoms with Gasteiger partial charge in [0.25, 0.3) is 0 Å². The smallest absolute Gasteiger partial charge is 0.311 e. The number of benzene rings is 2. The zero-order chi connectivity index (χ0) is 19.3. The van der Waals surface area contributed by atoms with Crippen LogP contribution >= 0.6 is 0 Å². The Labute approximate surface area is 155 Å². The molecule has 26 heavy (non-hydrogen) atoms. The first-order chi connectivity index (χ1) is 12.3. The van der Waals surface area contributed by atoms with E-state index in [0.29, 0.717) is 12.2 Å². The summed E-state index contributed by atoms with van der Waals surface area (Å²) in [6.45, 7) is 7.95. The van der Waals surface area contributed by atoms with Crippen molar-refractivity contribution in [3.63, 3.8) is 0 Å². The van der Waals surface area contributed by atoms with Crippen LogP contribution in [0.15, 0.2) is 48.5 Å². The van der Waals surface area contributed by atoms with Crippen molar-refractivity contribution in [2.75, 3.05) is 6.61 Å². The van der Waals surface area contributed by atoms with Gasteiger partial charge in [-0.1, -0.05) is 56.3 Å². The minimum atomic E-state index is -0.853. The highest BCUT2D eigenvalue weighted by Gasteiger charge is 2.40. The van der Waals surface area contributed by atoms with E-state index in [4.69, 9.17) is 10.5 Å². The molecule has 0 fully saturated rings. The molecule has 2 atom stereocenters. The summed E-state index contributed by atoms with van der Waals surface area (Å²) in [6, 6.07) is 17.4. The zero-order valence-electron chi connectivity index (χ0n) is 15.8. The van der Waals surface area contributed by atoms with Crippen molar-refractivity contribution in [1.29, 1.82) is 5.26 Å². The maximum absolute atomic E-state index is 12.4.